The fraction of sp³-hybridized carbons (Fsp3) is 0.364. The molecule has 33 heavy (non-hydrogen) atoms. The lowest BCUT2D eigenvalue weighted by atomic mass is 9.85. The molecule has 1 aliphatic rings. The summed E-state index contributed by atoms with van der Waals surface area (Å²) in [5.41, 5.74) is 6.61. The third-order valence-corrected chi connectivity index (χ3v) is 6.74. The molecule has 0 aliphatic carbocycles. The molecule has 0 bridgehead atoms. The predicted octanol–water partition coefficient (Wildman–Crippen LogP) is 1.89. The van der Waals surface area contributed by atoms with E-state index in [0.29, 0.717) is 17.7 Å². The quantitative estimate of drug-likeness (QED) is 0.179. The number of carboxylic acid groups (broad SMARTS) is 1. The van der Waals surface area contributed by atoms with Crippen molar-refractivity contribution in [2.24, 2.45) is 10.9 Å². The highest BCUT2D eigenvalue weighted by atomic mass is 32.1. The second kappa shape index (κ2) is 10.8. The first-order valence-electron chi connectivity index (χ1n) is 10.5. The molecule has 0 spiro atoms. The molecule has 1 aromatic carbocycles. The van der Waals surface area contributed by atoms with Crippen molar-refractivity contribution in [3.8, 4) is 0 Å². The van der Waals surface area contributed by atoms with Gasteiger partial charge in [-0.25, -0.2) is 4.79 Å². The second-order valence-electron chi connectivity index (χ2n) is 7.82. The van der Waals surface area contributed by atoms with Crippen molar-refractivity contribution in [2.75, 3.05) is 6.54 Å². The first-order valence-corrected chi connectivity index (χ1v) is 11.3. The van der Waals surface area contributed by atoms with Gasteiger partial charge in [-0.2, -0.15) is 0 Å². The Labute approximate surface area is 195 Å². The Morgan fingerprint density at radius 1 is 1.24 bits per heavy atom. The van der Waals surface area contributed by atoms with Crippen LogP contribution in [-0.2, 0) is 16.1 Å². The zero-order chi connectivity index (χ0) is 24.0. The number of nitrogens with one attached hydrogen (secondary N) is 2. The molecule has 3 atom stereocenters. The highest BCUT2D eigenvalue weighted by molar-refractivity contribution is 7.14. The van der Waals surface area contributed by atoms with Gasteiger partial charge in [-0.15, -0.1) is 11.3 Å². The van der Waals surface area contributed by atoms with Gasteiger partial charge in [0.2, 0.25) is 11.8 Å². The zero-order valence-electron chi connectivity index (χ0n) is 18.1. The molecule has 2 heterocycles. The molecule has 1 fully saturated rings. The number of oxime groups is 1. The summed E-state index contributed by atoms with van der Waals surface area (Å²) in [5.74, 6) is -0.850. The normalized spacial score (nSPS) is 19.5. The van der Waals surface area contributed by atoms with Crippen LogP contribution in [0.5, 0.6) is 0 Å². The van der Waals surface area contributed by atoms with Gasteiger partial charge in [-0.1, -0.05) is 35.5 Å². The van der Waals surface area contributed by atoms with E-state index in [1.807, 2.05) is 30.3 Å². The van der Waals surface area contributed by atoms with Crippen LogP contribution in [0.15, 0.2) is 47.6 Å². The van der Waals surface area contributed by atoms with E-state index in [9.17, 15) is 19.5 Å². The number of piperidine rings is 1. The van der Waals surface area contributed by atoms with Gasteiger partial charge in [0.15, 0.2) is 5.84 Å². The summed E-state index contributed by atoms with van der Waals surface area (Å²) in [6.45, 7) is 2.00. The number of likely N-dealkylation sites (tertiary alicyclic amines) is 1. The Hall–Kier alpha value is -3.60. The zero-order valence-corrected chi connectivity index (χ0v) is 18.9. The third kappa shape index (κ3) is 6.01. The number of nitrogens with zero attached hydrogens (tertiary/aromatic N) is 2. The number of hydrogen-bond donors (Lipinski definition) is 5. The van der Waals surface area contributed by atoms with Crippen LogP contribution in [-0.4, -0.2) is 57.6 Å². The number of rotatable bonds is 7. The number of carbonyl (C=O) groups is 3. The van der Waals surface area contributed by atoms with Crippen molar-refractivity contribution in [1.29, 1.82) is 0 Å². The molecule has 1 aliphatic heterocycles. The van der Waals surface area contributed by atoms with Gasteiger partial charge in [-0.3, -0.25) is 14.5 Å². The van der Waals surface area contributed by atoms with Crippen molar-refractivity contribution in [2.45, 2.75) is 44.3 Å². The highest BCUT2D eigenvalue weighted by Gasteiger charge is 2.37. The number of carbonyl (C=O) groups excluding carboxylic acids is 2. The predicted molar refractivity (Wildman–Crippen MR) is 123 cm³/mol. The van der Waals surface area contributed by atoms with Gasteiger partial charge in [0, 0.05) is 11.4 Å². The largest absolute Gasteiger partial charge is 0.465 e. The van der Waals surface area contributed by atoms with Crippen molar-refractivity contribution in [1.82, 2.24) is 15.5 Å². The van der Waals surface area contributed by atoms with Gasteiger partial charge in [0.25, 0.3) is 0 Å². The molecule has 10 nitrogen and oxygen atoms in total. The summed E-state index contributed by atoms with van der Waals surface area (Å²) in [7, 11) is 0. The summed E-state index contributed by atoms with van der Waals surface area (Å²) in [6, 6.07) is 11.4. The summed E-state index contributed by atoms with van der Waals surface area (Å²) in [5, 5.41) is 26.6. The van der Waals surface area contributed by atoms with Gasteiger partial charge in [0.05, 0.1) is 11.4 Å². The smallest absolute Gasteiger partial charge is 0.407 e. The molecule has 3 rings (SSSR count). The van der Waals surface area contributed by atoms with Crippen LogP contribution in [0.25, 0.3) is 0 Å². The Morgan fingerprint density at radius 3 is 2.64 bits per heavy atom. The number of nitrogens with two attached hydrogens (primary N) is 1. The first kappa shape index (κ1) is 24.1. The lowest BCUT2D eigenvalue weighted by molar-refractivity contribution is -0.132. The van der Waals surface area contributed by atoms with Crippen LogP contribution in [0, 0.1) is 0 Å². The summed E-state index contributed by atoms with van der Waals surface area (Å²) in [6.07, 6.45) is -0.176. The average Bonchev–Trinajstić information content (AvgIpc) is 3.31. The number of amides is 3. The van der Waals surface area contributed by atoms with E-state index in [1.54, 1.807) is 19.1 Å². The number of amidine groups is 1. The molecule has 0 saturated carbocycles. The average molecular weight is 474 g/mol. The van der Waals surface area contributed by atoms with Crippen molar-refractivity contribution in [3.05, 3.63) is 57.8 Å². The maximum absolute atomic E-state index is 12.9. The summed E-state index contributed by atoms with van der Waals surface area (Å²) >= 11 is 1.27. The molecule has 1 saturated heterocycles. The fourth-order valence-corrected chi connectivity index (χ4v) is 4.68. The SMILES string of the molecule is C[C@H](NC(=O)[C@H]1C[C@@H](c2ccccc2)CCN1C(=O)O)C(=O)NCc1ccc(/C(N)=N/O)s1. The fourth-order valence-electron chi connectivity index (χ4n) is 3.83. The van der Waals surface area contributed by atoms with Gasteiger partial charge in [-0.05, 0) is 43.4 Å². The minimum absolute atomic E-state index is 0.0116. The van der Waals surface area contributed by atoms with Crippen molar-refractivity contribution < 1.29 is 24.7 Å². The minimum Gasteiger partial charge on any atom is -0.465 e. The van der Waals surface area contributed by atoms with Crippen LogP contribution in [0.4, 0.5) is 4.79 Å². The molecule has 2 aromatic rings. The molecule has 0 unspecified atom stereocenters. The Morgan fingerprint density at radius 2 is 1.97 bits per heavy atom. The van der Waals surface area contributed by atoms with Gasteiger partial charge in [0.1, 0.15) is 12.1 Å². The minimum atomic E-state index is -1.15. The maximum atomic E-state index is 12.9. The molecule has 0 radical (unpaired) electrons. The van der Waals surface area contributed by atoms with Crippen LogP contribution in [0.1, 0.15) is 41.0 Å². The molecule has 6 N–H and O–H groups in total. The monoisotopic (exact) mass is 473 g/mol. The van der Waals surface area contributed by atoms with Crippen LogP contribution in [0.3, 0.4) is 0 Å². The standard InChI is InChI=1S/C22H27N5O5S/c1-13(20(28)24-12-16-7-8-18(33-16)19(23)26-32)25-21(29)17-11-15(9-10-27(17)22(30)31)14-5-3-2-4-6-14/h2-8,13,15,17,32H,9-12H2,1H3,(H2,23,26)(H,24,28)(H,25,29)(H,30,31)/t13-,15-,17+/m0/s1. The lowest BCUT2D eigenvalue weighted by Gasteiger charge is -2.37. The van der Waals surface area contributed by atoms with E-state index >= 15 is 0 Å². The van der Waals surface area contributed by atoms with Crippen LogP contribution in [0.2, 0.25) is 0 Å². The summed E-state index contributed by atoms with van der Waals surface area (Å²) in [4.78, 5) is 39.6. The van der Waals surface area contributed by atoms with E-state index < -0.39 is 30.0 Å². The van der Waals surface area contributed by atoms with Gasteiger partial charge >= 0.3 is 6.09 Å². The van der Waals surface area contributed by atoms with E-state index in [1.165, 1.54) is 11.3 Å². The third-order valence-electron chi connectivity index (χ3n) is 5.63. The summed E-state index contributed by atoms with van der Waals surface area (Å²) < 4.78 is 0. The molecular formula is C22H27N5O5S. The van der Waals surface area contributed by atoms with E-state index in [-0.39, 0.29) is 24.8 Å². The molecule has 1 aromatic heterocycles. The lowest BCUT2D eigenvalue weighted by Crippen LogP contribution is -2.56. The highest BCUT2D eigenvalue weighted by Crippen LogP contribution is 2.31. The van der Waals surface area contributed by atoms with E-state index in [4.69, 9.17) is 10.9 Å². The molecule has 3 amide bonds. The Balaban J connectivity index is 1.59. The van der Waals surface area contributed by atoms with Crippen LogP contribution < -0.4 is 16.4 Å². The van der Waals surface area contributed by atoms with Gasteiger partial charge < -0.3 is 26.7 Å². The van der Waals surface area contributed by atoms with Crippen molar-refractivity contribution >= 4 is 35.1 Å². The topological polar surface area (TPSA) is 157 Å². The van der Waals surface area contributed by atoms with E-state index in [2.05, 4.69) is 15.8 Å². The number of thiophene rings is 1. The number of hydrogen-bond acceptors (Lipinski definition) is 6. The Bertz CT molecular complexity index is 1030. The van der Waals surface area contributed by atoms with E-state index in [0.717, 1.165) is 15.3 Å². The first-order chi connectivity index (χ1) is 15.8. The molecule has 11 heteroatoms. The number of benzene rings is 1. The van der Waals surface area contributed by atoms with Crippen molar-refractivity contribution in [3.63, 3.8) is 0 Å². The van der Waals surface area contributed by atoms with Crippen LogP contribution >= 0.6 is 11.3 Å². The molecule has 176 valence electrons. The maximum Gasteiger partial charge on any atom is 0.407 e. The second-order valence-corrected chi connectivity index (χ2v) is 8.99. The molecular weight excluding hydrogens is 446 g/mol. The Kier molecular flexibility index (Phi) is 7.88.